The van der Waals surface area contributed by atoms with E-state index in [-0.39, 0.29) is 0 Å². The molecule has 7 heteroatoms. The normalized spacial score (nSPS) is 30.4. The molecule has 2 aliphatic carbocycles. The Balaban J connectivity index is 1.35. The van der Waals surface area contributed by atoms with Crippen LogP contribution in [0.2, 0.25) is 0 Å². The van der Waals surface area contributed by atoms with Crippen LogP contribution in [0.25, 0.3) is 0 Å². The van der Waals surface area contributed by atoms with Gasteiger partial charge >= 0.3 is 0 Å². The molecule has 2 saturated carbocycles. The quantitative estimate of drug-likeness (QED) is 0.637. The molecule has 0 amide bonds. The third-order valence-electron chi connectivity index (χ3n) is 6.28. The van der Waals surface area contributed by atoms with E-state index in [1.165, 1.54) is 19.3 Å². The monoisotopic (exact) mass is 346 g/mol. The first-order valence-electron chi connectivity index (χ1n) is 9.66. The van der Waals surface area contributed by atoms with Crippen LogP contribution in [-0.2, 0) is 17.7 Å². The number of hydrogen-bond acceptors (Lipinski definition) is 4. The number of nitrogens with zero attached hydrogens (tertiary/aromatic N) is 4. The van der Waals surface area contributed by atoms with Gasteiger partial charge in [0.15, 0.2) is 5.96 Å². The molecule has 0 bridgehead atoms. The van der Waals surface area contributed by atoms with Gasteiger partial charge in [-0.3, -0.25) is 4.99 Å². The Morgan fingerprint density at radius 2 is 2.24 bits per heavy atom. The molecule has 0 aromatic carbocycles. The number of aryl methyl sites for hydroxylation is 2. The van der Waals surface area contributed by atoms with E-state index in [2.05, 4.69) is 32.6 Å². The van der Waals surface area contributed by atoms with Crippen LogP contribution < -0.4 is 10.6 Å². The zero-order valence-electron chi connectivity index (χ0n) is 15.6. The van der Waals surface area contributed by atoms with E-state index in [0.29, 0.717) is 23.6 Å². The predicted molar refractivity (Wildman–Crippen MR) is 96.6 cm³/mol. The van der Waals surface area contributed by atoms with Gasteiger partial charge in [0.05, 0.1) is 12.6 Å². The number of fused-ring (bicyclic) bond motifs is 1. The molecule has 3 unspecified atom stereocenters. The largest absolute Gasteiger partial charge is 0.378 e. The Kier molecular flexibility index (Phi) is 4.43. The standard InChI is InChI=1S/C18H30N6O/c1-4-25-15-10-14(18(15)8-5-9-18)22-17(19-3)21-13-6-7-16-20-12(2)23-24(16)11-13/h13-15H,4-11H2,1-3H3,(H2,19,21,22). The Morgan fingerprint density at radius 3 is 2.92 bits per heavy atom. The number of ether oxygens (including phenoxy) is 1. The SMILES string of the molecule is CCOC1CC(NC(=NC)NC2CCc3nc(C)nn3C2)C12CCC2. The fourth-order valence-corrected chi connectivity index (χ4v) is 4.72. The van der Waals surface area contributed by atoms with Crippen LogP contribution in [0.1, 0.15) is 50.7 Å². The number of rotatable bonds is 4. The summed E-state index contributed by atoms with van der Waals surface area (Å²) in [6.07, 6.45) is 7.42. The highest BCUT2D eigenvalue weighted by atomic mass is 16.5. The molecule has 0 saturated heterocycles. The summed E-state index contributed by atoms with van der Waals surface area (Å²) in [7, 11) is 1.86. The second-order valence-corrected chi connectivity index (χ2v) is 7.67. The molecular weight excluding hydrogens is 316 g/mol. The van der Waals surface area contributed by atoms with E-state index in [0.717, 1.165) is 50.0 Å². The fourth-order valence-electron chi connectivity index (χ4n) is 4.72. The van der Waals surface area contributed by atoms with E-state index in [1.807, 2.05) is 18.7 Å². The van der Waals surface area contributed by atoms with E-state index in [9.17, 15) is 0 Å². The molecule has 1 aliphatic heterocycles. The third-order valence-corrected chi connectivity index (χ3v) is 6.28. The number of hydrogen-bond donors (Lipinski definition) is 2. The zero-order chi connectivity index (χ0) is 17.4. The lowest BCUT2D eigenvalue weighted by Gasteiger charge is -2.61. The summed E-state index contributed by atoms with van der Waals surface area (Å²) in [5.74, 6) is 2.88. The zero-order valence-corrected chi connectivity index (χ0v) is 15.6. The highest BCUT2D eigenvalue weighted by Crippen LogP contribution is 2.57. The number of aromatic nitrogens is 3. The van der Waals surface area contributed by atoms with Crippen molar-refractivity contribution in [2.45, 2.75) is 77.1 Å². The van der Waals surface area contributed by atoms with Crippen LogP contribution in [0.15, 0.2) is 4.99 Å². The minimum Gasteiger partial charge on any atom is -0.378 e. The first kappa shape index (κ1) is 16.8. The molecule has 7 nitrogen and oxygen atoms in total. The third kappa shape index (κ3) is 2.92. The maximum absolute atomic E-state index is 5.95. The predicted octanol–water partition coefficient (Wildman–Crippen LogP) is 1.41. The topological polar surface area (TPSA) is 76.4 Å². The lowest BCUT2D eigenvalue weighted by atomic mass is 9.51. The van der Waals surface area contributed by atoms with Crippen molar-refractivity contribution in [3.8, 4) is 0 Å². The minimum absolute atomic E-state index is 0.344. The summed E-state index contributed by atoms with van der Waals surface area (Å²) in [5.41, 5.74) is 0.344. The molecule has 1 aromatic heterocycles. The number of nitrogens with one attached hydrogen (secondary N) is 2. The minimum atomic E-state index is 0.344. The molecule has 2 heterocycles. The Bertz CT molecular complexity index is 650. The maximum atomic E-state index is 5.95. The van der Waals surface area contributed by atoms with Gasteiger partial charge in [-0.2, -0.15) is 5.10 Å². The molecule has 2 fully saturated rings. The highest BCUT2D eigenvalue weighted by molar-refractivity contribution is 5.80. The van der Waals surface area contributed by atoms with E-state index < -0.39 is 0 Å². The fraction of sp³-hybridized carbons (Fsp3) is 0.833. The summed E-state index contributed by atoms with van der Waals surface area (Å²) in [5, 5.41) is 11.8. The van der Waals surface area contributed by atoms with Crippen molar-refractivity contribution in [3.05, 3.63) is 11.6 Å². The van der Waals surface area contributed by atoms with Crippen LogP contribution in [0.5, 0.6) is 0 Å². The molecular formula is C18H30N6O. The average molecular weight is 346 g/mol. The number of guanidine groups is 1. The Labute approximate surface area is 149 Å². The van der Waals surface area contributed by atoms with Gasteiger partial charge in [-0.1, -0.05) is 6.42 Å². The average Bonchev–Trinajstić information content (AvgIpc) is 2.90. The van der Waals surface area contributed by atoms with Gasteiger partial charge in [0.2, 0.25) is 0 Å². The van der Waals surface area contributed by atoms with Crippen LogP contribution in [-0.4, -0.2) is 52.6 Å². The van der Waals surface area contributed by atoms with Gasteiger partial charge in [0, 0.05) is 37.6 Å². The first-order valence-corrected chi connectivity index (χ1v) is 9.66. The number of aliphatic imine (C=N–C) groups is 1. The molecule has 1 aromatic rings. The van der Waals surface area contributed by atoms with Crippen LogP contribution in [0.3, 0.4) is 0 Å². The second kappa shape index (κ2) is 6.59. The van der Waals surface area contributed by atoms with Crippen molar-refractivity contribution < 1.29 is 4.74 Å². The molecule has 138 valence electrons. The molecule has 1 spiro atoms. The summed E-state index contributed by atoms with van der Waals surface area (Å²) < 4.78 is 7.99. The molecule has 3 atom stereocenters. The Morgan fingerprint density at radius 1 is 1.40 bits per heavy atom. The second-order valence-electron chi connectivity index (χ2n) is 7.67. The summed E-state index contributed by atoms with van der Waals surface area (Å²) in [4.78, 5) is 8.95. The van der Waals surface area contributed by atoms with Crippen molar-refractivity contribution in [2.24, 2.45) is 10.4 Å². The van der Waals surface area contributed by atoms with E-state index in [4.69, 9.17) is 4.74 Å². The summed E-state index contributed by atoms with van der Waals surface area (Å²) >= 11 is 0. The lowest BCUT2D eigenvalue weighted by molar-refractivity contribution is -0.168. The van der Waals surface area contributed by atoms with Crippen molar-refractivity contribution in [2.75, 3.05) is 13.7 Å². The van der Waals surface area contributed by atoms with Gasteiger partial charge in [0.1, 0.15) is 11.6 Å². The van der Waals surface area contributed by atoms with Crippen molar-refractivity contribution in [1.29, 1.82) is 0 Å². The van der Waals surface area contributed by atoms with Crippen molar-refractivity contribution in [1.82, 2.24) is 25.4 Å². The van der Waals surface area contributed by atoms with Crippen molar-refractivity contribution in [3.63, 3.8) is 0 Å². The van der Waals surface area contributed by atoms with Crippen molar-refractivity contribution >= 4 is 5.96 Å². The van der Waals surface area contributed by atoms with Gasteiger partial charge in [-0.15, -0.1) is 0 Å². The smallest absolute Gasteiger partial charge is 0.191 e. The van der Waals surface area contributed by atoms with Gasteiger partial charge < -0.3 is 15.4 Å². The molecule has 4 rings (SSSR count). The molecule has 25 heavy (non-hydrogen) atoms. The summed E-state index contributed by atoms with van der Waals surface area (Å²) in [6, 6.07) is 0.830. The molecule has 3 aliphatic rings. The van der Waals surface area contributed by atoms with Gasteiger partial charge in [0.25, 0.3) is 0 Å². The lowest BCUT2D eigenvalue weighted by Crippen LogP contribution is -2.69. The van der Waals surface area contributed by atoms with Crippen LogP contribution >= 0.6 is 0 Å². The van der Waals surface area contributed by atoms with E-state index in [1.54, 1.807) is 0 Å². The summed E-state index contributed by atoms with van der Waals surface area (Å²) in [6.45, 7) is 5.72. The molecule has 2 N–H and O–H groups in total. The molecule has 0 radical (unpaired) electrons. The van der Waals surface area contributed by atoms with Gasteiger partial charge in [-0.25, -0.2) is 9.67 Å². The Hall–Kier alpha value is -1.63. The maximum Gasteiger partial charge on any atom is 0.191 e. The highest BCUT2D eigenvalue weighted by Gasteiger charge is 2.59. The van der Waals surface area contributed by atoms with Crippen LogP contribution in [0.4, 0.5) is 0 Å². The van der Waals surface area contributed by atoms with Gasteiger partial charge in [-0.05, 0) is 39.5 Å². The van der Waals surface area contributed by atoms with E-state index >= 15 is 0 Å². The first-order chi connectivity index (χ1) is 12.1. The van der Waals surface area contributed by atoms with Crippen LogP contribution in [0, 0.1) is 12.3 Å².